The van der Waals surface area contributed by atoms with Crippen LogP contribution in [0.2, 0.25) is 0 Å². The van der Waals surface area contributed by atoms with Crippen molar-refractivity contribution in [1.29, 1.82) is 0 Å². The van der Waals surface area contributed by atoms with Gasteiger partial charge < -0.3 is 4.74 Å². The summed E-state index contributed by atoms with van der Waals surface area (Å²) in [6.07, 6.45) is 0.600. The van der Waals surface area contributed by atoms with E-state index in [2.05, 4.69) is 48.6 Å². The van der Waals surface area contributed by atoms with E-state index in [0.717, 1.165) is 11.0 Å². The van der Waals surface area contributed by atoms with Gasteiger partial charge in [-0.15, -0.1) is 0 Å². The molecule has 0 heterocycles. The zero-order valence-corrected chi connectivity index (χ0v) is 13.9. The normalized spacial score (nSPS) is 20.6. The SMILES string of the molecule is CC[N+](C)(C(C)C)C(C)OC(C)C.F[P-](F)(F)(F)(F)F. The summed E-state index contributed by atoms with van der Waals surface area (Å²) in [6.45, 7) is 14.2. The van der Waals surface area contributed by atoms with Crippen LogP contribution in [0, 0.1) is 0 Å². The fourth-order valence-electron chi connectivity index (χ4n) is 1.58. The molecule has 0 aromatic heterocycles. The minimum atomic E-state index is -10.7. The standard InChI is InChI=1S/C11H26NO.F6P/c1-8-12(7,9(2)3)11(6)13-10(4)5;1-7(2,3,4,5)6/h9-11H,8H2,1-7H3;/q+1;-1. The third kappa shape index (κ3) is 14.3. The summed E-state index contributed by atoms with van der Waals surface area (Å²) in [6, 6.07) is 0.610. The van der Waals surface area contributed by atoms with E-state index in [1.165, 1.54) is 0 Å². The summed E-state index contributed by atoms with van der Waals surface area (Å²) in [4.78, 5) is 0. The summed E-state index contributed by atoms with van der Waals surface area (Å²) in [7, 11) is -8.40. The average molecular weight is 333 g/mol. The first kappa shape index (κ1) is 22.2. The molecule has 0 aliphatic heterocycles. The van der Waals surface area contributed by atoms with Gasteiger partial charge in [-0.2, -0.15) is 0 Å². The van der Waals surface area contributed by atoms with E-state index < -0.39 is 7.81 Å². The van der Waals surface area contributed by atoms with Gasteiger partial charge in [-0.3, -0.25) is 4.48 Å². The maximum atomic E-state index is 9.87. The summed E-state index contributed by atoms with van der Waals surface area (Å²) >= 11 is 0. The molecule has 0 aromatic rings. The van der Waals surface area contributed by atoms with Crippen molar-refractivity contribution in [1.82, 2.24) is 0 Å². The monoisotopic (exact) mass is 333 g/mol. The number of nitrogens with zero attached hydrogens (tertiary/aromatic N) is 1. The van der Waals surface area contributed by atoms with Gasteiger partial charge in [0, 0.05) is 6.92 Å². The van der Waals surface area contributed by atoms with E-state index in [9.17, 15) is 25.2 Å². The van der Waals surface area contributed by atoms with Gasteiger partial charge >= 0.3 is 33.0 Å². The second kappa shape index (κ2) is 5.97. The molecular formula is C11H26F6NOP. The van der Waals surface area contributed by atoms with Gasteiger partial charge in [0.05, 0.1) is 25.7 Å². The van der Waals surface area contributed by atoms with Gasteiger partial charge in [0.15, 0.2) is 6.23 Å². The zero-order chi connectivity index (χ0) is 17.1. The fourth-order valence-corrected chi connectivity index (χ4v) is 1.58. The molecule has 0 spiro atoms. The third-order valence-electron chi connectivity index (χ3n) is 3.16. The first-order chi connectivity index (χ1) is 8.29. The first-order valence-electron chi connectivity index (χ1n) is 6.36. The topological polar surface area (TPSA) is 9.23 Å². The number of halogens is 6. The van der Waals surface area contributed by atoms with Gasteiger partial charge in [-0.25, -0.2) is 0 Å². The summed E-state index contributed by atoms with van der Waals surface area (Å²) in [5, 5.41) is 0. The number of hydrogen-bond donors (Lipinski definition) is 0. The predicted molar refractivity (Wildman–Crippen MR) is 71.1 cm³/mol. The Labute approximate surface area is 116 Å². The van der Waals surface area contributed by atoms with Crippen LogP contribution >= 0.6 is 7.81 Å². The van der Waals surface area contributed by atoms with E-state index in [-0.39, 0.29) is 6.23 Å². The molecule has 0 aliphatic carbocycles. The molecule has 0 saturated heterocycles. The Morgan fingerprint density at radius 3 is 1.35 bits per heavy atom. The molecule has 9 heteroatoms. The van der Waals surface area contributed by atoms with Crippen LogP contribution in [0.25, 0.3) is 0 Å². The molecule has 0 bridgehead atoms. The Morgan fingerprint density at radius 2 is 1.20 bits per heavy atom. The molecule has 0 aromatic carbocycles. The molecule has 20 heavy (non-hydrogen) atoms. The van der Waals surface area contributed by atoms with E-state index in [0.29, 0.717) is 12.1 Å². The van der Waals surface area contributed by atoms with Gasteiger partial charge in [0.2, 0.25) is 0 Å². The Hall–Kier alpha value is -0.0700. The van der Waals surface area contributed by atoms with E-state index in [1.54, 1.807) is 0 Å². The van der Waals surface area contributed by atoms with Crippen molar-refractivity contribution in [3.05, 3.63) is 0 Å². The Balaban J connectivity index is 0. The van der Waals surface area contributed by atoms with Crippen LogP contribution < -0.4 is 0 Å². The Kier molecular flexibility index (Phi) is 6.63. The molecule has 2 atom stereocenters. The summed E-state index contributed by atoms with van der Waals surface area (Å²) in [5.74, 6) is 0. The maximum absolute atomic E-state index is 10.7. The molecular weight excluding hydrogens is 307 g/mol. The number of ether oxygens (including phenoxy) is 1. The molecule has 0 saturated carbocycles. The van der Waals surface area contributed by atoms with E-state index >= 15 is 0 Å². The molecule has 0 aliphatic rings. The molecule has 0 radical (unpaired) electrons. The van der Waals surface area contributed by atoms with Crippen LogP contribution in [0.3, 0.4) is 0 Å². The molecule has 0 fully saturated rings. The third-order valence-corrected chi connectivity index (χ3v) is 3.16. The second-order valence-electron chi connectivity index (χ2n) is 5.50. The molecule has 128 valence electrons. The summed E-state index contributed by atoms with van der Waals surface area (Å²) in [5.41, 5.74) is 0. The Bertz CT molecular complexity index is 290. The fraction of sp³-hybridized carbons (Fsp3) is 1.00. The quantitative estimate of drug-likeness (QED) is 0.259. The first-order valence-corrected chi connectivity index (χ1v) is 8.39. The summed E-state index contributed by atoms with van der Waals surface area (Å²) < 4.78 is 66.0. The van der Waals surface area contributed by atoms with Crippen molar-refractivity contribution in [2.24, 2.45) is 0 Å². The van der Waals surface area contributed by atoms with Crippen molar-refractivity contribution < 1.29 is 34.4 Å². The van der Waals surface area contributed by atoms with Crippen molar-refractivity contribution >= 4 is 7.81 Å². The molecule has 0 N–H and O–H groups in total. The van der Waals surface area contributed by atoms with Crippen molar-refractivity contribution in [3.8, 4) is 0 Å². The number of hydrogen-bond acceptors (Lipinski definition) is 1. The van der Waals surface area contributed by atoms with Crippen LogP contribution in [0.4, 0.5) is 25.2 Å². The molecule has 0 rings (SSSR count). The van der Waals surface area contributed by atoms with Crippen LogP contribution in [0.15, 0.2) is 0 Å². The average Bonchev–Trinajstić information content (AvgIpc) is 2.09. The Morgan fingerprint density at radius 1 is 0.900 bits per heavy atom. The predicted octanol–water partition coefficient (Wildman–Crippen LogP) is 6.01. The van der Waals surface area contributed by atoms with Crippen LogP contribution in [-0.2, 0) is 4.74 Å². The van der Waals surface area contributed by atoms with Gasteiger partial charge in [-0.05, 0) is 34.6 Å². The van der Waals surface area contributed by atoms with Gasteiger partial charge in [0.25, 0.3) is 0 Å². The van der Waals surface area contributed by atoms with Gasteiger partial charge in [-0.1, -0.05) is 0 Å². The van der Waals surface area contributed by atoms with Crippen LogP contribution in [0.1, 0.15) is 41.5 Å². The van der Waals surface area contributed by atoms with Crippen molar-refractivity contribution in [3.63, 3.8) is 0 Å². The van der Waals surface area contributed by atoms with Crippen molar-refractivity contribution in [2.75, 3.05) is 13.6 Å². The molecule has 2 unspecified atom stereocenters. The number of quaternary nitrogens is 1. The number of rotatable bonds is 5. The molecule has 0 amide bonds. The van der Waals surface area contributed by atoms with Crippen molar-refractivity contribution in [2.45, 2.75) is 59.9 Å². The van der Waals surface area contributed by atoms with E-state index in [4.69, 9.17) is 4.74 Å². The van der Waals surface area contributed by atoms with E-state index in [1.807, 2.05) is 0 Å². The zero-order valence-electron chi connectivity index (χ0n) is 13.0. The van der Waals surface area contributed by atoms with Crippen LogP contribution in [-0.4, -0.2) is 36.4 Å². The second-order valence-corrected chi connectivity index (χ2v) is 7.42. The van der Waals surface area contributed by atoms with Gasteiger partial charge in [0.1, 0.15) is 0 Å². The molecule has 2 nitrogen and oxygen atoms in total. The minimum absolute atomic E-state index is 0.282. The van der Waals surface area contributed by atoms with Crippen LogP contribution in [0.5, 0.6) is 0 Å².